The standard InChI is InChI=1S/C21H21N5O4/c1-14-7-9-15(10-8-14)24-11-12-25-19(28)20(29)26(23-21(24)25)13-18(27)22-16-5-3-4-6-17(16)30-2/h3-10H,11-13H2,1-2H3,(H,22,27). The zero-order valence-electron chi connectivity index (χ0n) is 16.7. The monoisotopic (exact) mass is 407 g/mol. The van der Waals surface area contributed by atoms with Gasteiger partial charge in [0.1, 0.15) is 12.3 Å². The van der Waals surface area contributed by atoms with Crippen molar-refractivity contribution in [2.45, 2.75) is 20.0 Å². The third-order valence-corrected chi connectivity index (χ3v) is 4.92. The second kappa shape index (κ2) is 7.86. The van der Waals surface area contributed by atoms with Gasteiger partial charge in [-0.25, -0.2) is 4.68 Å². The second-order valence-corrected chi connectivity index (χ2v) is 6.96. The van der Waals surface area contributed by atoms with E-state index in [9.17, 15) is 14.4 Å². The van der Waals surface area contributed by atoms with Crippen molar-refractivity contribution >= 4 is 23.2 Å². The van der Waals surface area contributed by atoms with Gasteiger partial charge in [-0.05, 0) is 31.2 Å². The third kappa shape index (κ3) is 3.57. The minimum atomic E-state index is -0.834. The van der Waals surface area contributed by atoms with Gasteiger partial charge in [0.05, 0.1) is 12.8 Å². The number of amides is 1. The minimum Gasteiger partial charge on any atom is -0.495 e. The van der Waals surface area contributed by atoms with Crippen LogP contribution in [0.4, 0.5) is 17.3 Å². The minimum absolute atomic E-state index is 0.341. The topological polar surface area (TPSA) is 98.5 Å². The summed E-state index contributed by atoms with van der Waals surface area (Å²) in [5.41, 5.74) is 0.917. The van der Waals surface area contributed by atoms with Crippen LogP contribution in [0.25, 0.3) is 0 Å². The van der Waals surface area contributed by atoms with E-state index in [0.717, 1.165) is 15.9 Å². The average Bonchev–Trinajstić information content (AvgIpc) is 3.16. The number of nitrogens with one attached hydrogen (secondary N) is 1. The van der Waals surface area contributed by atoms with Crippen molar-refractivity contribution in [3.05, 3.63) is 74.8 Å². The molecular weight excluding hydrogens is 386 g/mol. The molecule has 9 nitrogen and oxygen atoms in total. The zero-order chi connectivity index (χ0) is 21.3. The van der Waals surface area contributed by atoms with Crippen molar-refractivity contribution in [3.63, 3.8) is 0 Å². The fourth-order valence-electron chi connectivity index (χ4n) is 3.38. The van der Waals surface area contributed by atoms with E-state index >= 15 is 0 Å². The number of carbonyl (C=O) groups is 1. The summed E-state index contributed by atoms with van der Waals surface area (Å²) in [4.78, 5) is 39.4. The van der Waals surface area contributed by atoms with Crippen LogP contribution >= 0.6 is 0 Å². The van der Waals surface area contributed by atoms with Crippen molar-refractivity contribution in [2.24, 2.45) is 0 Å². The number of nitrogens with zero attached hydrogens (tertiary/aromatic N) is 4. The number of fused-ring (bicyclic) bond motifs is 1. The number of benzene rings is 2. The Kier molecular flexibility index (Phi) is 5.09. The van der Waals surface area contributed by atoms with Crippen molar-refractivity contribution in [2.75, 3.05) is 23.9 Å². The van der Waals surface area contributed by atoms with Crippen molar-refractivity contribution in [1.29, 1.82) is 0 Å². The van der Waals surface area contributed by atoms with Crippen LogP contribution in [-0.2, 0) is 17.9 Å². The van der Waals surface area contributed by atoms with Gasteiger partial charge in [0.25, 0.3) is 0 Å². The number of para-hydroxylation sites is 2. The molecule has 4 rings (SSSR count). The molecule has 2 aromatic carbocycles. The van der Waals surface area contributed by atoms with E-state index in [1.54, 1.807) is 24.3 Å². The van der Waals surface area contributed by atoms with E-state index in [1.807, 2.05) is 36.1 Å². The molecule has 9 heteroatoms. The van der Waals surface area contributed by atoms with Crippen LogP contribution in [-0.4, -0.2) is 33.9 Å². The number of methoxy groups -OCH3 is 1. The normalized spacial score (nSPS) is 12.5. The summed E-state index contributed by atoms with van der Waals surface area (Å²) in [6, 6.07) is 14.7. The number of anilines is 3. The first kappa shape index (κ1) is 19.4. The van der Waals surface area contributed by atoms with Crippen LogP contribution in [0.5, 0.6) is 5.75 Å². The van der Waals surface area contributed by atoms with Crippen molar-refractivity contribution in [3.8, 4) is 5.75 Å². The number of rotatable bonds is 5. The first-order valence-electron chi connectivity index (χ1n) is 9.47. The van der Waals surface area contributed by atoms with E-state index in [2.05, 4.69) is 10.4 Å². The van der Waals surface area contributed by atoms with Gasteiger partial charge in [-0.15, -0.1) is 5.10 Å². The Morgan fingerprint density at radius 2 is 1.80 bits per heavy atom. The molecular formula is C21H21N5O4. The van der Waals surface area contributed by atoms with Gasteiger partial charge in [-0.2, -0.15) is 0 Å². The molecule has 0 radical (unpaired) electrons. The van der Waals surface area contributed by atoms with Gasteiger partial charge in [-0.3, -0.25) is 19.0 Å². The quantitative estimate of drug-likeness (QED) is 0.644. The lowest BCUT2D eigenvalue weighted by Crippen LogP contribution is -2.44. The molecule has 1 aliphatic rings. The largest absolute Gasteiger partial charge is 0.495 e. The molecule has 30 heavy (non-hydrogen) atoms. The molecule has 0 fully saturated rings. The van der Waals surface area contributed by atoms with Crippen LogP contribution in [0.2, 0.25) is 0 Å². The highest BCUT2D eigenvalue weighted by atomic mass is 16.5. The number of carbonyl (C=O) groups excluding carboxylic acids is 1. The Hall–Kier alpha value is -3.88. The number of aromatic nitrogens is 3. The molecule has 0 unspecified atom stereocenters. The predicted molar refractivity (Wildman–Crippen MR) is 113 cm³/mol. The molecule has 0 atom stereocenters. The number of aryl methyl sites for hydroxylation is 1. The molecule has 1 N–H and O–H groups in total. The second-order valence-electron chi connectivity index (χ2n) is 6.96. The van der Waals surface area contributed by atoms with Gasteiger partial charge in [0.2, 0.25) is 11.9 Å². The zero-order valence-corrected chi connectivity index (χ0v) is 16.7. The summed E-state index contributed by atoms with van der Waals surface area (Å²) < 4.78 is 7.46. The van der Waals surface area contributed by atoms with Crippen molar-refractivity contribution < 1.29 is 9.53 Å². The summed E-state index contributed by atoms with van der Waals surface area (Å²) in [5, 5.41) is 7.01. The molecule has 2 heterocycles. The first-order valence-corrected chi connectivity index (χ1v) is 9.47. The summed E-state index contributed by atoms with van der Waals surface area (Å²) in [6.07, 6.45) is 0. The Labute approximate surface area is 172 Å². The maximum absolute atomic E-state index is 12.6. The van der Waals surface area contributed by atoms with E-state index in [-0.39, 0.29) is 6.54 Å². The van der Waals surface area contributed by atoms with E-state index in [4.69, 9.17) is 4.74 Å². The molecule has 0 bridgehead atoms. The van der Waals surface area contributed by atoms with Gasteiger partial charge >= 0.3 is 11.1 Å². The molecule has 0 aliphatic carbocycles. The first-order chi connectivity index (χ1) is 14.5. The lowest BCUT2D eigenvalue weighted by atomic mass is 10.2. The molecule has 0 saturated heterocycles. The molecule has 1 aromatic heterocycles. The Morgan fingerprint density at radius 3 is 2.53 bits per heavy atom. The summed E-state index contributed by atoms with van der Waals surface area (Å²) in [5.74, 6) is 0.345. The van der Waals surface area contributed by atoms with Crippen LogP contribution in [0.1, 0.15) is 5.56 Å². The highest BCUT2D eigenvalue weighted by Crippen LogP contribution is 2.26. The molecule has 1 aliphatic heterocycles. The van der Waals surface area contributed by atoms with E-state index in [0.29, 0.717) is 30.5 Å². The SMILES string of the molecule is COc1ccccc1NC(=O)Cn1nc2n(c(=O)c1=O)CCN2c1ccc(C)cc1. The van der Waals surface area contributed by atoms with Crippen LogP contribution in [0, 0.1) is 6.92 Å². The fourth-order valence-corrected chi connectivity index (χ4v) is 3.38. The molecule has 3 aromatic rings. The number of ether oxygens (including phenoxy) is 1. The molecule has 1 amide bonds. The van der Waals surface area contributed by atoms with Crippen LogP contribution in [0.15, 0.2) is 58.1 Å². The number of hydrogen-bond acceptors (Lipinski definition) is 6. The highest BCUT2D eigenvalue weighted by molar-refractivity contribution is 5.92. The number of hydrogen-bond donors (Lipinski definition) is 1. The Morgan fingerprint density at radius 1 is 1.07 bits per heavy atom. The van der Waals surface area contributed by atoms with Crippen LogP contribution < -0.4 is 26.1 Å². The average molecular weight is 407 g/mol. The highest BCUT2D eigenvalue weighted by Gasteiger charge is 2.26. The fraction of sp³-hybridized carbons (Fsp3) is 0.238. The van der Waals surface area contributed by atoms with Crippen LogP contribution in [0.3, 0.4) is 0 Å². The molecule has 0 spiro atoms. The van der Waals surface area contributed by atoms with Gasteiger partial charge in [0, 0.05) is 18.8 Å². The summed E-state index contributed by atoms with van der Waals surface area (Å²) in [7, 11) is 1.50. The van der Waals surface area contributed by atoms with Crippen molar-refractivity contribution in [1.82, 2.24) is 14.3 Å². The summed E-state index contributed by atoms with van der Waals surface area (Å²) >= 11 is 0. The maximum atomic E-state index is 12.6. The molecule has 0 saturated carbocycles. The van der Waals surface area contributed by atoms with Gasteiger partial charge < -0.3 is 15.0 Å². The Bertz CT molecular complexity index is 1210. The third-order valence-electron chi connectivity index (χ3n) is 4.92. The van der Waals surface area contributed by atoms with E-state index in [1.165, 1.54) is 11.7 Å². The molecule has 154 valence electrons. The lowest BCUT2D eigenvalue weighted by Gasteiger charge is -2.18. The van der Waals surface area contributed by atoms with Gasteiger partial charge in [0.15, 0.2) is 0 Å². The lowest BCUT2D eigenvalue weighted by molar-refractivity contribution is -0.117. The Balaban J connectivity index is 1.63. The maximum Gasteiger partial charge on any atom is 0.333 e. The van der Waals surface area contributed by atoms with Gasteiger partial charge in [-0.1, -0.05) is 29.8 Å². The van der Waals surface area contributed by atoms with E-state index < -0.39 is 17.0 Å². The smallest absolute Gasteiger partial charge is 0.333 e. The predicted octanol–water partition coefficient (Wildman–Crippen LogP) is 1.51. The summed E-state index contributed by atoms with van der Waals surface area (Å²) in [6.45, 7) is 2.48.